The number of aromatic nitrogens is 2. The zero-order chi connectivity index (χ0) is 22.8. The van der Waals surface area contributed by atoms with Crippen molar-refractivity contribution < 1.29 is 23.7 Å². The van der Waals surface area contributed by atoms with Crippen LogP contribution in [0.4, 0.5) is 0 Å². The molecule has 32 heavy (non-hydrogen) atoms. The standard InChI is InChI=1S/C23H22N4O5/c1-28-13-7-5-6-12(10-13)19-18-17(15(11-24)22(25)32-23(18)27-26-19)14-8-9-16(29-2)21(31-4)20(14)30-3/h5-10,17H,25H2,1-4H3,(H,26,27)/t17-/m1/s1. The van der Waals surface area contributed by atoms with Crippen LogP contribution in [0.1, 0.15) is 17.0 Å². The number of fused-ring (bicyclic) bond motifs is 1. The van der Waals surface area contributed by atoms with Gasteiger partial charge in [0.25, 0.3) is 0 Å². The molecular weight excluding hydrogens is 412 g/mol. The van der Waals surface area contributed by atoms with E-state index in [2.05, 4.69) is 16.3 Å². The Kier molecular flexibility index (Phi) is 5.52. The summed E-state index contributed by atoms with van der Waals surface area (Å²) in [6, 6.07) is 13.2. The van der Waals surface area contributed by atoms with E-state index in [1.807, 2.05) is 30.3 Å². The lowest BCUT2D eigenvalue weighted by molar-refractivity contribution is 0.321. The third-order valence-corrected chi connectivity index (χ3v) is 5.34. The van der Waals surface area contributed by atoms with E-state index in [9.17, 15) is 5.26 Å². The molecule has 0 spiro atoms. The summed E-state index contributed by atoms with van der Waals surface area (Å²) in [4.78, 5) is 0. The summed E-state index contributed by atoms with van der Waals surface area (Å²) in [6.45, 7) is 0. The van der Waals surface area contributed by atoms with E-state index < -0.39 is 5.92 Å². The lowest BCUT2D eigenvalue weighted by atomic mass is 9.82. The van der Waals surface area contributed by atoms with Gasteiger partial charge in [0.2, 0.25) is 17.5 Å². The van der Waals surface area contributed by atoms with Crippen LogP contribution in [0.5, 0.6) is 28.9 Å². The fourth-order valence-electron chi connectivity index (χ4n) is 3.91. The van der Waals surface area contributed by atoms with Crippen LogP contribution in [0, 0.1) is 11.3 Å². The zero-order valence-corrected chi connectivity index (χ0v) is 18.1. The first-order valence-electron chi connectivity index (χ1n) is 9.67. The van der Waals surface area contributed by atoms with Gasteiger partial charge in [-0.25, -0.2) is 0 Å². The number of hydrogen-bond acceptors (Lipinski definition) is 8. The predicted octanol–water partition coefficient (Wildman–Crippen LogP) is 3.33. The quantitative estimate of drug-likeness (QED) is 0.605. The van der Waals surface area contributed by atoms with E-state index in [0.29, 0.717) is 39.8 Å². The second-order valence-electron chi connectivity index (χ2n) is 6.90. The zero-order valence-electron chi connectivity index (χ0n) is 18.1. The van der Waals surface area contributed by atoms with Gasteiger partial charge < -0.3 is 29.4 Å². The van der Waals surface area contributed by atoms with E-state index in [1.165, 1.54) is 14.2 Å². The number of rotatable bonds is 6. The molecule has 0 amide bonds. The summed E-state index contributed by atoms with van der Waals surface area (Å²) in [6.07, 6.45) is 0. The molecule has 4 rings (SSSR count). The molecule has 2 heterocycles. The van der Waals surface area contributed by atoms with E-state index in [4.69, 9.17) is 29.4 Å². The smallest absolute Gasteiger partial charge is 0.244 e. The molecule has 1 aliphatic rings. The number of methoxy groups -OCH3 is 4. The maximum Gasteiger partial charge on any atom is 0.244 e. The van der Waals surface area contributed by atoms with Gasteiger partial charge >= 0.3 is 0 Å². The van der Waals surface area contributed by atoms with Crippen molar-refractivity contribution in [3.8, 4) is 46.2 Å². The fourth-order valence-corrected chi connectivity index (χ4v) is 3.91. The topological polar surface area (TPSA) is 125 Å². The fraction of sp³-hybridized carbons (Fsp3) is 0.217. The Labute approximate surface area is 184 Å². The molecule has 3 aromatic rings. The van der Waals surface area contributed by atoms with Gasteiger partial charge in [-0.15, -0.1) is 5.10 Å². The molecule has 9 nitrogen and oxygen atoms in total. The molecule has 1 aliphatic heterocycles. The van der Waals surface area contributed by atoms with Crippen LogP contribution in [0.3, 0.4) is 0 Å². The highest BCUT2D eigenvalue weighted by molar-refractivity contribution is 5.73. The largest absolute Gasteiger partial charge is 0.497 e. The van der Waals surface area contributed by atoms with Crippen molar-refractivity contribution in [3.05, 3.63) is 59.0 Å². The number of benzene rings is 2. The molecule has 0 unspecified atom stereocenters. The molecular formula is C23H22N4O5. The Morgan fingerprint density at radius 1 is 1.03 bits per heavy atom. The molecule has 0 saturated heterocycles. The van der Waals surface area contributed by atoms with Crippen molar-refractivity contribution in [1.82, 2.24) is 10.2 Å². The molecule has 1 aromatic heterocycles. The number of nitriles is 1. The van der Waals surface area contributed by atoms with Gasteiger partial charge in [0.15, 0.2) is 11.5 Å². The Balaban J connectivity index is 2.00. The van der Waals surface area contributed by atoms with Crippen molar-refractivity contribution in [1.29, 1.82) is 5.26 Å². The van der Waals surface area contributed by atoms with Crippen molar-refractivity contribution >= 4 is 0 Å². The molecule has 0 saturated carbocycles. The molecule has 0 fully saturated rings. The maximum atomic E-state index is 9.98. The van der Waals surface area contributed by atoms with Crippen LogP contribution in [0.25, 0.3) is 11.3 Å². The summed E-state index contributed by atoms with van der Waals surface area (Å²) in [5, 5.41) is 17.3. The monoisotopic (exact) mass is 434 g/mol. The molecule has 0 bridgehead atoms. The molecule has 0 radical (unpaired) electrons. The minimum atomic E-state index is -0.626. The number of nitrogens with two attached hydrogens (primary N) is 1. The van der Waals surface area contributed by atoms with E-state index in [1.54, 1.807) is 20.3 Å². The first kappa shape index (κ1) is 20.9. The lowest BCUT2D eigenvalue weighted by Crippen LogP contribution is -2.21. The molecule has 9 heteroatoms. The van der Waals surface area contributed by atoms with Crippen LogP contribution in [0.15, 0.2) is 47.9 Å². The third-order valence-electron chi connectivity index (χ3n) is 5.34. The van der Waals surface area contributed by atoms with E-state index in [0.717, 1.165) is 5.56 Å². The van der Waals surface area contributed by atoms with Gasteiger partial charge in [-0.1, -0.05) is 18.2 Å². The second kappa shape index (κ2) is 8.43. The third kappa shape index (κ3) is 3.22. The highest BCUT2D eigenvalue weighted by Gasteiger charge is 2.38. The Morgan fingerprint density at radius 3 is 2.47 bits per heavy atom. The number of ether oxygens (including phenoxy) is 5. The van der Waals surface area contributed by atoms with Crippen LogP contribution in [-0.4, -0.2) is 38.6 Å². The van der Waals surface area contributed by atoms with E-state index >= 15 is 0 Å². The number of nitrogens with one attached hydrogen (secondary N) is 1. The predicted molar refractivity (Wildman–Crippen MR) is 116 cm³/mol. The first-order valence-corrected chi connectivity index (χ1v) is 9.67. The van der Waals surface area contributed by atoms with Gasteiger partial charge in [0.05, 0.1) is 45.6 Å². The number of nitrogens with zero attached hydrogens (tertiary/aromatic N) is 2. The van der Waals surface area contributed by atoms with Crippen LogP contribution < -0.4 is 29.4 Å². The van der Waals surface area contributed by atoms with Crippen molar-refractivity contribution in [2.45, 2.75) is 5.92 Å². The SMILES string of the molecule is COc1cccc(-c2[nH]nc3c2[C@H](c2ccc(OC)c(OC)c2OC)C(C#N)=C(N)O3)c1. The van der Waals surface area contributed by atoms with Gasteiger partial charge in [-0.2, -0.15) is 5.26 Å². The summed E-state index contributed by atoms with van der Waals surface area (Å²) < 4.78 is 27.7. The Morgan fingerprint density at radius 2 is 1.81 bits per heavy atom. The van der Waals surface area contributed by atoms with Crippen LogP contribution in [0.2, 0.25) is 0 Å². The minimum Gasteiger partial charge on any atom is -0.497 e. The minimum absolute atomic E-state index is 0.0227. The lowest BCUT2D eigenvalue weighted by Gasteiger charge is -2.26. The molecule has 0 aliphatic carbocycles. The summed E-state index contributed by atoms with van der Waals surface area (Å²) in [5.41, 5.74) is 9.12. The van der Waals surface area contributed by atoms with Crippen molar-refractivity contribution in [2.24, 2.45) is 5.73 Å². The van der Waals surface area contributed by atoms with E-state index in [-0.39, 0.29) is 17.3 Å². The number of hydrogen-bond donors (Lipinski definition) is 2. The normalized spacial score (nSPS) is 14.8. The number of allylic oxidation sites excluding steroid dienone is 1. The number of aromatic amines is 1. The van der Waals surface area contributed by atoms with Gasteiger partial charge in [0.1, 0.15) is 17.4 Å². The first-order chi connectivity index (χ1) is 15.6. The van der Waals surface area contributed by atoms with Gasteiger partial charge in [-0.05, 0) is 18.2 Å². The second-order valence-corrected chi connectivity index (χ2v) is 6.90. The molecule has 1 atom stereocenters. The average molecular weight is 434 g/mol. The maximum absolute atomic E-state index is 9.98. The Hall–Kier alpha value is -4.32. The van der Waals surface area contributed by atoms with Crippen molar-refractivity contribution in [2.75, 3.05) is 28.4 Å². The molecule has 2 aromatic carbocycles. The molecule has 164 valence electrons. The highest BCUT2D eigenvalue weighted by atomic mass is 16.5. The van der Waals surface area contributed by atoms with Crippen LogP contribution in [-0.2, 0) is 0 Å². The summed E-state index contributed by atoms with van der Waals surface area (Å²) >= 11 is 0. The Bertz CT molecular complexity index is 1240. The van der Waals surface area contributed by atoms with Gasteiger partial charge in [0, 0.05) is 11.1 Å². The summed E-state index contributed by atoms with van der Waals surface area (Å²) in [7, 11) is 6.19. The highest BCUT2D eigenvalue weighted by Crippen LogP contribution is 2.51. The molecule has 3 N–H and O–H groups in total. The summed E-state index contributed by atoms with van der Waals surface area (Å²) in [5.74, 6) is 1.63. The number of H-pyrrole nitrogens is 1. The average Bonchev–Trinajstić information content (AvgIpc) is 3.25. The van der Waals surface area contributed by atoms with Gasteiger partial charge in [-0.3, -0.25) is 5.10 Å². The van der Waals surface area contributed by atoms with Crippen molar-refractivity contribution in [3.63, 3.8) is 0 Å². The van der Waals surface area contributed by atoms with Crippen LogP contribution >= 0.6 is 0 Å².